The summed E-state index contributed by atoms with van der Waals surface area (Å²) in [5.41, 5.74) is 2.65. The van der Waals surface area contributed by atoms with Crippen LogP contribution < -0.4 is 4.74 Å². The molecule has 23 heavy (non-hydrogen) atoms. The Bertz CT molecular complexity index is 690. The van der Waals surface area contributed by atoms with Crippen LogP contribution in [0, 0.1) is 11.3 Å². The SMILES string of the molecule is CC([C@@H](C)Oc1ccc(-c2ccc(C#N)cc2)cc1)N(O)C=O. The van der Waals surface area contributed by atoms with Gasteiger partial charge in [-0.3, -0.25) is 10.0 Å². The number of nitriles is 1. The number of carbonyl (C=O) groups excluding carboxylic acids is 1. The largest absolute Gasteiger partial charge is 0.488 e. The zero-order valence-electron chi connectivity index (χ0n) is 13.0. The maximum atomic E-state index is 10.6. The third kappa shape index (κ3) is 4.09. The molecule has 2 aromatic rings. The van der Waals surface area contributed by atoms with Crippen LogP contribution in [-0.4, -0.2) is 28.8 Å². The monoisotopic (exact) mass is 310 g/mol. The predicted octanol–water partition coefficient (Wildman–Crippen LogP) is 3.23. The van der Waals surface area contributed by atoms with Gasteiger partial charge in [0, 0.05) is 0 Å². The van der Waals surface area contributed by atoms with Crippen molar-refractivity contribution >= 4 is 6.41 Å². The van der Waals surface area contributed by atoms with Crippen molar-refractivity contribution in [2.75, 3.05) is 0 Å². The summed E-state index contributed by atoms with van der Waals surface area (Å²) in [6.45, 7) is 3.48. The number of carbonyl (C=O) groups is 1. The first-order valence-electron chi connectivity index (χ1n) is 7.25. The summed E-state index contributed by atoms with van der Waals surface area (Å²) in [7, 11) is 0. The minimum Gasteiger partial charge on any atom is -0.488 e. The number of hydroxylamine groups is 2. The highest BCUT2D eigenvalue weighted by Gasteiger charge is 2.19. The standard InChI is InChI=1S/C18H18N2O3/c1-13(20(22)12-21)14(2)23-18-9-7-17(8-10-18)16-5-3-15(11-19)4-6-16/h3-10,12-14,22H,1-2H3/t13?,14-/m1/s1. The van der Waals surface area contributed by atoms with E-state index in [0.717, 1.165) is 11.1 Å². The van der Waals surface area contributed by atoms with Gasteiger partial charge in [0.1, 0.15) is 11.9 Å². The normalized spacial score (nSPS) is 12.8. The van der Waals surface area contributed by atoms with E-state index in [-0.39, 0.29) is 6.10 Å². The molecule has 5 heteroatoms. The number of hydrogen-bond acceptors (Lipinski definition) is 4. The van der Waals surface area contributed by atoms with E-state index in [2.05, 4.69) is 6.07 Å². The molecule has 0 heterocycles. The van der Waals surface area contributed by atoms with Gasteiger partial charge < -0.3 is 4.74 Å². The second-order valence-corrected chi connectivity index (χ2v) is 5.26. The zero-order chi connectivity index (χ0) is 16.8. The van der Waals surface area contributed by atoms with Gasteiger partial charge in [-0.25, -0.2) is 5.06 Å². The van der Waals surface area contributed by atoms with Crippen LogP contribution in [0.5, 0.6) is 5.75 Å². The van der Waals surface area contributed by atoms with Gasteiger partial charge in [-0.05, 0) is 49.2 Å². The summed E-state index contributed by atoms with van der Waals surface area (Å²) < 4.78 is 5.72. The van der Waals surface area contributed by atoms with Crippen molar-refractivity contribution < 1.29 is 14.7 Å². The average molecular weight is 310 g/mol. The maximum absolute atomic E-state index is 10.6. The average Bonchev–Trinajstić information content (AvgIpc) is 2.61. The molecular formula is C18H18N2O3. The molecule has 1 amide bonds. The molecule has 0 saturated carbocycles. The molecule has 2 aromatic carbocycles. The molecule has 2 atom stereocenters. The molecule has 0 bridgehead atoms. The lowest BCUT2D eigenvalue weighted by atomic mass is 10.0. The smallest absolute Gasteiger partial charge is 0.233 e. The number of rotatable bonds is 6. The summed E-state index contributed by atoms with van der Waals surface area (Å²) in [4.78, 5) is 10.6. The van der Waals surface area contributed by atoms with Gasteiger partial charge >= 0.3 is 0 Å². The minimum absolute atomic E-state index is 0.356. The lowest BCUT2D eigenvalue weighted by molar-refractivity contribution is -0.165. The van der Waals surface area contributed by atoms with Gasteiger partial charge in [0.2, 0.25) is 6.41 Å². The second kappa shape index (κ2) is 7.43. The molecule has 0 fully saturated rings. The van der Waals surface area contributed by atoms with E-state index in [1.165, 1.54) is 0 Å². The van der Waals surface area contributed by atoms with E-state index >= 15 is 0 Å². The molecule has 0 aliphatic heterocycles. The molecule has 118 valence electrons. The van der Waals surface area contributed by atoms with Crippen LogP contribution in [0.2, 0.25) is 0 Å². The fraction of sp³-hybridized carbons (Fsp3) is 0.222. The van der Waals surface area contributed by atoms with Crippen molar-refractivity contribution in [2.24, 2.45) is 0 Å². The van der Waals surface area contributed by atoms with Crippen molar-refractivity contribution in [1.29, 1.82) is 5.26 Å². The Morgan fingerprint density at radius 1 is 1.09 bits per heavy atom. The Morgan fingerprint density at radius 3 is 2.09 bits per heavy atom. The van der Waals surface area contributed by atoms with Gasteiger partial charge in [-0.15, -0.1) is 0 Å². The van der Waals surface area contributed by atoms with E-state index < -0.39 is 6.04 Å². The van der Waals surface area contributed by atoms with Crippen molar-refractivity contribution in [3.05, 3.63) is 54.1 Å². The molecule has 1 unspecified atom stereocenters. The van der Waals surface area contributed by atoms with Crippen LogP contribution in [0.25, 0.3) is 11.1 Å². The number of benzene rings is 2. The summed E-state index contributed by atoms with van der Waals surface area (Å²) in [6, 6.07) is 16.5. The molecule has 0 aliphatic carbocycles. The molecule has 0 aromatic heterocycles. The van der Waals surface area contributed by atoms with Crippen molar-refractivity contribution in [2.45, 2.75) is 26.0 Å². The summed E-state index contributed by atoms with van der Waals surface area (Å²) in [5, 5.41) is 18.8. The Hall–Kier alpha value is -2.84. The first kappa shape index (κ1) is 16.5. The molecule has 0 aliphatic rings. The Balaban J connectivity index is 2.07. The van der Waals surface area contributed by atoms with Crippen LogP contribution in [0.1, 0.15) is 19.4 Å². The molecule has 0 radical (unpaired) electrons. The number of hydrogen-bond donors (Lipinski definition) is 1. The molecule has 2 rings (SSSR count). The van der Waals surface area contributed by atoms with Crippen LogP contribution in [-0.2, 0) is 4.79 Å². The maximum Gasteiger partial charge on any atom is 0.233 e. The lowest BCUT2D eigenvalue weighted by Gasteiger charge is -2.25. The molecule has 0 saturated heterocycles. The van der Waals surface area contributed by atoms with Gasteiger partial charge in [0.05, 0.1) is 17.7 Å². The van der Waals surface area contributed by atoms with Crippen LogP contribution in [0.3, 0.4) is 0 Å². The van der Waals surface area contributed by atoms with Crippen molar-refractivity contribution in [1.82, 2.24) is 5.06 Å². The highest BCUT2D eigenvalue weighted by molar-refractivity contribution is 5.64. The summed E-state index contributed by atoms with van der Waals surface area (Å²) in [5.74, 6) is 0.654. The molecular weight excluding hydrogens is 292 g/mol. The van der Waals surface area contributed by atoms with Crippen LogP contribution >= 0.6 is 0 Å². The number of amides is 1. The first-order valence-corrected chi connectivity index (χ1v) is 7.25. The van der Waals surface area contributed by atoms with E-state index in [9.17, 15) is 10.0 Å². The van der Waals surface area contributed by atoms with Gasteiger partial charge in [-0.2, -0.15) is 5.26 Å². The Labute approximate surface area is 135 Å². The molecule has 5 nitrogen and oxygen atoms in total. The van der Waals surface area contributed by atoms with E-state index in [1.807, 2.05) is 36.4 Å². The highest BCUT2D eigenvalue weighted by atomic mass is 16.5. The van der Waals surface area contributed by atoms with Crippen molar-refractivity contribution in [3.8, 4) is 22.9 Å². The minimum atomic E-state index is -0.453. The van der Waals surface area contributed by atoms with Crippen molar-refractivity contribution in [3.63, 3.8) is 0 Å². The highest BCUT2D eigenvalue weighted by Crippen LogP contribution is 2.23. The fourth-order valence-electron chi connectivity index (χ4n) is 2.09. The third-order valence-electron chi connectivity index (χ3n) is 3.73. The predicted molar refractivity (Wildman–Crippen MR) is 85.8 cm³/mol. The Kier molecular flexibility index (Phi) is 5.34. The van der Waals surface area contributed by atoms with Gasteiger partial charge in [0.25, 0.3) is 0 Å². The zero-order valence-corrected chi connectivity index (χ0v) is 13.0. The van der Waals surface area contributed by atoms with Gasteiger partial charge in [0.15, 0.2) is 0 Å². The first-order chi connectivity index (χ1) is 11.0. The lowest BCUT2D eigenvalue weighted by Crippen LogP contribution is -2.40. The van der Waals surface area contributed by atoms with E-state index in [4.69, 9.17) is 10.00 Å². The van der Waals surface area contributed by atoms with Crippen LogP contribution in [0.15, 0.2) is 48.5 Å². The molecule has 1 N–H and O–H groups in total. The number of ether oxygens (including phenoxy) is 1. The topological polar surface area (TPSA) is 73.6 Å². The quantitative estimate of drug-likeness (QED) is 0.505. The van der Waals surface area contributed by atoms with E-state index in [0.29, 0.717) is 22.8 Å². The molecule has 0 spiro atoms. The Morgan fingerprint density at radius 2 is 1.61 bits per heavy atom. The van der Waals surface area contributed by atoms with Gasteiger partial charge in [-0.1, -0.05) is 24.3 Å². The second-order valence-electron chi connectivity index (χ2n) is 5.26. The van der Waals surface area contributed by atoms with E-state index in [1.54, 1.807) is 26.0 Å². The van der Waals surface area contributed by atoms with Crippen LogP contribution in [0.4, 0.5) is 0 Å². The summed E-state index contributed by atoms with van der Waals surface area (Å²) in [6.07, 6.45) is 0.00406. The fourth-order valence-corrected chi connectivity index (χ4v) is 2.09. The third-order valence-corrected chi connectivity index (χ3v) is 3.73. The summed E-state index contributed by atoms with van der Waals surface area (Å²) >= 11 is 0. The number of nitrogens with zero attached hydrogens (tertiary/aromatic N) is 2.